The molecule has 0 saturated carbocycles. The summed E-state index contributed by atoms with van der Waals surface area (Å²) < 4.78 is 0. The van der Waals surface area contributed by atoms with E-state index in [-0.39, 0.29) is 36.5 Å². The van der Waals surface area contributed by atoms with E-state index in [1.807, 2.05) is 36.5 Å². The van der Waals surface area contributed by atoms with Crippen molar-refractivity contribution in [2.45, 2.75) is 25.7 Å². The van der Waals surface area contributed by atoms with Crippen LogP contribution in [0.5, 0.6) is 0 Å². The summed E-state index contributed by atoms with van der Waals surface area (Å²) in [6, 6.07) is 10.0. The summed E-state index contributed by atoms with van der Waals surface area (Å²) in [6.45, 7) is 3.67. The van der Waals surface area contributed by atoms with Crippen molar-refractivity contribution in [2.24, 2.45) is 4.99 Å². The van der Waals surface area contributed by atoms with Gasteiger partial charge in [-0.2, -0.15) is 0 Å². The molecular formula is C18H27IN4OS. The maximum absolute atomic E-state index is 9.61. The van der Waals surface area contributed by atoms with E-state index < -0.39 is 0 Å². The topological polar surface area (TPSA) is 69.5 Å². The summed E-state index contributed by atoms with van der Waals surface area (Å²) in [5.74, 6) is 0.799. The molecule has 2 aromatic rings. The minimum Gasteiger partial charge on any atom is -0.396 e. The van der Waals surface area contributed by atoms with Crippen LogP contribution in [0.2, 0.25) is 0 Å². The Hall–Kier alpha value is -1.19. The molecule has 1 atom stereocenters. The molecule has 138 valence electrons. The average molecular weight is 474 g/mol. The van der Waals surface area contributed by atoms with Crippen molar-refractivity contribution in [1.82, 2.24) is 15.6 Å². The molecule has 1 unspecified atom stereocenters. The van der Waals surface area contributed by atoms with Crippen LogP contribution in [0.3, 0.4) is 0 Å². The minimum atomic E-state index is 0. The first-order valence-electron chi connectivity index (χ1n) is 8.30. The largest absolute Gasteiger partial charge is 0.396 e. The quantitative estimate of drug-likeness (QED) is 0.313. The lowest BCUT2D eigenvalue weighted by atomic mass is 10.0. The van der Waals surface area contributed by atoms with E-state index in [9.17, 15) is 5.11 Å². The molecule has 0 bridgehead atoms. The number of aryl methyl sites for hydroxylation is 1. The van der Waals surface area contributed by atoms with Gasteiger partial charge in [-0.15, -0.1) is 35.3 Å². The van der Waals surface area contributed by atoms with E-state index in [1.165, 1.54) is 4.88 Å². The molecule has 0 saturated heterocycles. The van der Waals surface area contributed by atoms with Gasteiger partial charge in [0.2, 0.25) is 0 Å². The number of nitrogens with zero attached hydrogens (tertiary/aromatic N) is 2. The summed E-state index contributed by atoms with van der Waals surface area (Å²) in [6.07, 6.45) is 3.88. The molecule has 0 aliphatic rings. The van der Waals surface area contributed by atoms with E-state index >= 15 is 0 Å². The van der Waals surface area contributed by atoms with Crippen LogP contribution < -0.4 is 10.6 Å². The van der Waals surface area contributed by atoms with Crippen LogP contribution in [0.25, 0.3) is 0 Å². The summed E-state index contributed by atoms with van der Waals surface area (Å²) in [5.41, 5.74) is 1.12. The van der Waals surface area contributed by atoms with Gasteiger partial charge in [0.15, 0.2) is 5.96 Å². The maximum Gasteiger partial charge on any atom is 0.191 e. The monoisotopic (exact) mass is 474 g/mol. The molecule has 25 heavy (non-hydrogen) atoms. The highest BCUT2D eigenvalue weighted by Crippen LogP contribution is 2.14. The molecule has 0 aliphatic heterocycles. The first kappa shape index (κ1) is 21.9. The molecule has 0 amide bonds. The van der Waals surface area contributed by atoms with Gasteiger partial charge in [0, 0.05) is 43.5 Å². The zero-order chi connectivity index (χ0) is 17.2. The molecule has 0 radical (unpaired) electrons. The van der Waals surface area contributed by atoms with E-state index in [1.54, 1.807) is 18.4 Å². The number of thiazole rings is 1. The molecular weight excluding hydrogens is 447 g/mol. The van der Waals surface area contributed by atoms with Crippen molar-refractivity contribution in [3.8, 4) is 0 Å². The lowest BCUT2D eigenvalue weighted by molar-refractivity contribution is 0.265. The number of aromatic nitrogens is 1. The normalized spacial score (nSPS) is 12.4. The summed E-state index contributed by atoms with van der Waals surface area (Å²) in [4.78, 5) is 9.98. The van der Waals surface area contributed by atoms with E-state index in [4.69, 9.17) is 0 Å². The molecule has 1 heterocycles. The molecule has 0 aliphatic carbocycles. The second-order valence-corrected chi connectivity index (χ2v) is 6.69. The fourth-order valence-electron chi connectivity index (χ4n) is 2.37. The Bertz CT molecular complexity index is 633. The standard InChI is InChI=1S/C18H26N4OS.HI/c1-3-16-12-21-17(24-16)9-10-20-18(19-2)22-11-15(13-23)14-7-5-4-6-8-14;/h4-8,12,15,23H,3,9-11,13H2,1-2H3,(H2,19,20,22);1H. The van der Waals surface area contributed by atoms with E-state index in [0.29, 0.717) is 6.54 Å². The average Bonchev–Trinajstić information content (AvgIpc) is 3.09. The highest BCUT2D eigenvalue weighted by atomic mass is 127. The Morgan fingerprint density at radius 3 is 2.64 bits per heavy atom. The van der Waals surface area contributed by atoms with Crippen LogP contribution in [-0.4, -0.2) is 42.8 Å². The zero-order valence-electron chi connectivity index (χ0n) is 14.7. The number of aliphatic hydroxyl groups excluding tert-OH is 1. The highest BCUT2D eigenvalue weighted by Gasteiger charge is 2.10. The highest BCUT2D eigenvalue weighted by molar-refractivity contribution is 14.0. The molecule has 1 aromatic heterocycles. The van der Waals surface area contributed by atoms with Gasteiger partial charge in [0.25, 0.3) is 0 Å². The number of nitrogens with one attached hydrogen (secondary N) is 2. The van der Waals surface area contributed by atoms with Gasteiger partial charge >= 0.3 is 0 Å². The van der Waals surface area contributed by atoms with Crippen molar-refractivity contribution >= 4 is 41.3 Å². The van der Waals surface area contributed by atoms with Gasteiger partial charge in [0.1, 0.15) is 0 Å². The number of hydrogen-bond acceptors (Lipinski definition) is 4. The fourth-order valence-corrected chi connectivity index (χ4v) is 3.23. The van der Waals surface area contributed by atoms with Crippen molar-refractivity contribution in [3.05, 3.63) is 52.0 Å². The van der Waals surface area contributed by atoms with Gasteiger partial charge in [-0.3, -0.25) is 4.99 Å². The first-order chi connectivity index (χ1) is 11.8. The lowest BCUT2D eigenvalue weighted by Gasteiger charge is -2.18. The second-order valence-electron chi connectivity index (χ2n) is 5.49. The third-order valence-corrected chi connectivity index (χ3v) is 5.01. The molecule has 0 fully saturated rings. The summed E-state index contributed by atoms with van der Waals surface area (Å²) in [7, 11) is 1.75. The molecule has 5 nitrogen and oxygen atoms in total. The van der Waals surface area contributed by atoms with Gasteiger partial charge < -0.3 is 15.7 Å². The Morgan fingerprint density at radius 1 is 1.28 bits per heavy atom. The van der Waals surface area contributed by atoms with Gasteiger partial charge in [0.05, 0.1) is 11.6 Å². The van der Waals surface area contributed by atoms with Gasteiger partial charge in [-0.05, 0) is 12.0 Å². The number of halogens is 1. The van der Waals surface area contributed by atoms with Crippen LogP contribution in [0.4, 0.5) is 0 Å². The lowest BCUT2D eigenvalue weighted by Crippen LogP contribution is -2.40. The SMILES string of the molecule is CCc1cnc(CCNC(=NC)NCC(CO)c2ccccc2)s1.I. The van der Waals surface area contributed by atoms with Crippen molar-refractivity contribution < 1.29 is 5.11 Å². The molecule has 0 spiro atoms. The third kappa shape index (κ3) is 7.29. The van der Waals surface area contributed by atoms with Crippen LogP contribution in [-0.2, 0) is 12.8 Å². The van der Waals surface area contributed by atoms with Crippen molar-refractivity contribution in [2.75, 3.05) is 26.7 Å². The van der Waals surface area contributed by atoms with E-state index in [2.05, 4.69) is 27.5 Å². The van der Waals surface area contributed by atoms with Crippen LogP contribution in [0, 0.1) is 0 Å². The predicted molar refractivity (Wildman–Crippen MR) is 116 cm³/mol. The zero-order valence-corrected chi connectivity index (χ0v) is 17.9. The Balaban J connectivity index is 0.00000312. The van der Waals surface area contributed by atoms with Crippen LogP contribution in [0.1, 0.15) is 28.3 Å². The van der Waals surface area contributed by atoms with Crippen LogP contribution in [0.15, 0.2) is 41.5 Å². The van der Waals surface area contributed by atoms with Gasteiger partial charge in [-0.1, -0.05) is 37.3 Å². The number of benzene rings is 1. The Morgan fingerprint density at radius 2 is 2.04 bits per heavy atom. The van der Waals surface area contributed by atoms with Gasteiger partial charge in [-0.25, -0.2) is 4.98 Å². The molecule has 3 N–H and O–H groups in total. The number of guanidine groups is 1. The molecule has 7 heteroatoms. The fraction of sp³-hybridized carbons (Fsp3) is 0.444. The smallest absolute Gasteiger partial charge is 0.191 e. The summed E-state index contributed by atoms with van der Waals surface area (Å²) in [5, 5.41) is 17.3. The molecule has 1 aromatic carbocycles. The van der Waals surface area contributed by atoms with Crippen molar-refractivity contribution in [3.63, 3.8) is 0 Å². The minimum absolute atomic E-state index is 0. The Labute approximate surface area is 171 Å². The third-order valence-electron chi connectivity index (χ3n) is 3.81. The first-order valence-corrected chi connectivity index (χ1v) is 9.12. The number of aliphatic hydroxyl groups is 1. The number of aliphatic imine (C=N–C) groups is 1. The summed E-state index contributed by atoms with van der Waals surface area (Å²) >= 11 is 1.77. The van der Waals surface area contributed by atoms with Crippen LogP contribution >= 0.6 is 35.3 Å². The number of rotatable bonds is 8. The maximum atomic E-state index is 9.61. The van der Waals surface area contributed by atoms with E-state index in [0.717, 1.165) is 35.9 Å². The Kier molecular flexibility index (Phi) is 10.7. The second kappa shape index (κ2) is 12.2. The number of hydrogen-bond donors (Lipinski definition) is 3. The van der Waals surface area contributed by atoms with Crippen molar-refractivity contribution in [1.29, 1.82) is 0 Å². The predicted octanol–water partition coefficient (Wildman–Crippen LogP) is 2.81. The molecule has 2 rings (SSSR count).